The number of rotatable bonds is 4. The van der Waals surface area contributed by atoms with E-state index in [1.54, 1.807) is 30.9 Å². The number of aliphatic hydroxyl groups is 1. The number of aliphatic hydroxyl groups excluding tert-OH is 1. The second-order valence-corrected chi connectivity index (χ2v) is 7.13. The second kappa shape index (κ2) is 8.71. The zero-order valence-corrected chi connectivity index (χ0v) is 18.5. The Hall–Kier alpha value is -4.25. The SMILES string of the molecule is CO.COc1cc2cc(c1OC)Cc1nc(C)n3nc(-c4ccc([N+](=O)[O-])cc4)nc(c13)N2. The molecule has 0 amide bonds. The number of hydrogen-bond acceptors (Lipinski definition) is 9. The predicted octanol–water partition coefficient (Wildman–Crippen LogP) is 3.28. The molecule has 5 rings (SSSR count). The van der Waals surface area contributed by atoms with E-state index in [-0.39, 0.29) is 5.69 Å². The van der Waals surface area contributed by atoms with E-state index in [0.717, 1.165) is 29.6 Å². The van der Waals surface area contributed by atoms with Gasteiger partial charge in [-0.25, -0.2) is 14.5 Å². The van der Waals surface area contributed by atoms with Crippen molar-refractivity contribution >= 4 is 22.7 Å². The first-order valence-corrected chi connectivity index (χ1v) is 9.96. The molecule has 2 aromatic carbocycles. The molecule has 11 nitrogen and oxygen atoms in total. The Labute approximate surface area is 188 Å². The smallest absolute Gasteiger partial charge is 0.269 e. The minimum absolute atomic E-state index is 0.0107. The number of nitro groups is 1. The second-order valence-electron chi connectivity index (χ2n) is 7.13. The fourth-order valence-electron chi connectivity index (χ4n) is 3.84. The zero-order valence-electron chi connectivity index (χ0n) is 18.5. The third-order valence-electron chi connectivity index (χ3n) is 5.24. The molecule has 1 aliphatic heterocycles. The van der Waals surface area contributed by atoms with Crippen LogP contribution in [0, 0.1) is 17.0 Å². The van der Waals surface area contributed by atoms with E-state index in [1.165, 1.54) is 12.1 Å². The van der Waals surface area contributed by atoms with Crippen LogP contribution in [0.4, 0.5) is 17.2 Å². The van der Waals surface area contributed by atoms with Crippen LogP contribution < -0.4 is 14.8 Å². The molecule has 0 aliphatic carbocycles. The molecule has 2 aromatic heterocycles. The molecule has 11 heteroatoms. The van der Waals surface area contributed by atoms with Gasteiger partial charge in [0.1, 0.15) is 11.3 Å². The van der Waals surface area contributed by atoms with Crippen LogP contribution >= 0.6 is 0 Å². The van der Waals surface area contributed by atoms with E-state index in [9.17, 15) is 10.1 Å². The van der Waals surface area contributed by atoms with E-state index in [1.807, 2.05) is 19.1 Å². The van der Waals surface area contributed by atoms with Gasteiger partial charge in [0, 0.05) is 48.5 Å². The van der Waals surface area contributed by atoms with Gasteiger partial charge in [-0.05, 0) is 25.1 Å². The van der Waals surface area contributed by atoms with Gasteiger partial charge in [-0.3, -0.25) is 10.1 Å². The first-order chi connectivity index (χ1) is 16.0. The highest BCUT2D eigenvalue weighted by Crippen LogP contribution is 2.40. The number of aryl methyl sites for hydroxylation is 1. The maximum atomic E-state index is 11.0. The average Bonchev–Trinajstić information content (AvgIpc) is 3.14. The number of anilines is 2. The van der Waals surface area contributed by atoms with Crippen molar-refractivity contribution in [2.75, 3.05) is 26.6 Å². The summed E-state index contributed by atoms with van der Waals surface area (Å²) in [5.74, 6) is 3.01. The van der Waals surface area contributed by atoms with Crippen LogP contribution in [0.3, 0.4) is 0 Å². The summed E-state index contributed by atoms with van der Waals surface area (Å²) >= 11 is 0. The molecule has 3 heterocycles. The Bertz CT molecular complexity index is 1350. The van der Waals surface area contributed by atoms with Crippen LogP contribution in [0.15, 0.2) is 36.4 Å². The monoisotopic (exact) mass is 450 g/mol. The molecule has 0 atom stereocenters. The number of imidazole rings is 1. The molecule has 2 N–H and O–H groups in total. The third-order valence-corrected chi connectivity index (χ3v) is 5.24. The number of nitro benzene ring substituents is 1. The summed E-state index contributed by atoms with van der Waals surface area (Å²) in [6.45, 7) is 1.87. The zero-order chi connectivity index (χ0) is 23.7. The summed E-state index contributed by atoms with van der Waals surface area (Å²) in [4.78, 5) is 20.0. The highest BCUT2D eigenvalue weighted by molar-refractivity contribution is 5.80. The maximum Gasteiger partial charge on any atom is 0.269 e. The lowest BCUT2D eigenvalue weighted by Crippen LogP contribution is -2.08. The van der Waals surface area contributed by atoms with Crippen molar-refractivity contribution < 1.29 is 19.5 Å². The number of nitrogens with one attached hydrogen (secondary N) is 1. The molecule has 2 bridgehead atoms. The molecule has 33 heavy (non-hydrogen) atoms. The fourth-order valence-corrected chi connectivity index (χ4v) is 3.84. The van der Waals surface area contributed by atoms with E-state index in [0.29, 0.717) is 40.9 Å². The molecule has 4 aromatic rings. The molecule has 0 fully saturated rings. The van der Waals surface area contributed by atoms with Crippen molar-refractivity contribution in [1.82, 2.24) is 19.6 Å². The normalized spacial score (nSPS) is 11.5. The summed E-state index contributed by atoms with van der Waals surface area (Å²) in [6.07, 6.45) is 0.527. The molecule has 0 spiro atoms. The first kappa shape index (κ1) is 22.0. The molecule has 0 saturated carbocycles. The molecule has 170 valence electrons. The van der Waals surface area contributed by atoms with Gasteiger partial charge in [-0.2, -0.15) is 0 Å². The Balaban J connectivity index is 0.00000126. The molecular weight excluding hydrogens is 428 g/mol. The van der Waals surface area contributed by atoms with Crippen molar-refractivity contribution in [3.8, 4) is 22.9 Å². The maximum absolute atomic E-state index is 11.0. The number of benzene rings is 2. The summed E-state index contributed by atoms with van der Waals surface area (Å²) < 4.78 is 12.8. The van der Waals surface area contributed by atoms with Crippen LogP contribution in [0.5, 0.6) is 11.5 Å². The number of hydrogen-bond donors (Lipinski definition) is 2. The molecule has 0 unspecified atom stereocenters. The number of non-ortho nitro benzene ring substituents is 1. The van der Waals surface area contributed by atoms with Gasteiger partial charge < -0.3 is 19.9 Å². The summed E-state index contributed by atoms with van der Waals surface area (Å²) in [5.41, 5.74) is 4.00. The van der Waals surface area contributed by atoms with Crippen molar-refractivity contribution in [3.05, 3.63) is 63.6 Å². The Morgan fingerprint density at radius 2 is 1.85 bits per heavy atom. The van der Waals surface area contributed by atoms with Gasteiger partial charge in [0.15, 0.2) is 23.1 Å². The van der Waals surface area contributed by atoms with Gasteiger partial charge in [-0.1, -0.05) is 0 Å². The fraction of sp³-hybridized carbons (Fsp3) is 0.227. The van der Waals surface area contributed by atoms with E-state index < -0.39 is 4.92 Å². The predicted molar refractivity (Wildman–Crippen MR) is 121 cm³/mol. The lowest BCUT2D eigenvalue weighted by molar-refractivity contribution is -0.384. The largest absolute Gasteiger partial charge is 0.493 e. The number of fused-ring (bicyclic) bond motifs is 2. The van der Waals surface area contributed by atoms with Crippen LogP contribution in [-0.2, 0) is 6.42 Å². The van der Waals surface area contributed by atoms with E-state index in [2.05, 4.69) is 10.4 Å². The van der Waals surface area contributed by atoms with Crippen molar-refractivity contribution in [2.24, 2.45) is 0 Å². The van der Waals surface area contributed by atoms with Crippen LogP contribution in [0.25, 0.3) is 16.9 Å². The van der Waals surface area contributed by atoms with Gasteiger partial charge in [0.25, 0.3) is 5.69 Å². The Morgan fingerprint density at radius 3 is 2.48 bits per heavy atom. The number of nitrogens with zero attached hydrogens (tertiary/aromatic N) is 5. The Kier molecular flexibility index (Phi) is 5.80. The highest BCUT2D eigenvalue weighted by Gasteiger charge is 2.24. The van der Waals surface area contributed by atoms with E-state index in [4.69, 9.17) is 24.5 Å². The lowest BCUT2D eigenvalue weighted by atomic mass is 10.0. The van der Waals surface area contributed by atoms with Crippen LogP contribution in [-0.4, -0.2) is 50.9 Å². The summed E-state index contributed by atoms with van der Waals surface area (Å²) in [6, 6.07) is 9.98. The standard InChI is InChI=1S/C21H18N6O4.CH4O/c1-11-22-16-9-13-8-14(10-17(30-2)19(13)31-3)23-21-18(16)26(11)25-20(24-21)12-4-6-15(7-5-12)27(28)29;1-2/h4-8,10H,9H2,1-3H3,(H,23,24,25);2H,1H3. The topological polar surface area (TPSA) is 137 Å². The quantitative estimate of drug-likeness (QED) is 0.312. The van der Waals surface area contributed by atoms with Gasteiger partial charge >= 0.3 is 0 Å². The number of ether oxygens (including phenoxy) is 2. The average molecular weight is 450 g/mol. The molecule has 0 saturated heterocycles. The van der Waals surface area contributed by atoms with E-state index >= 15 is 0 Å². The van der Waals surface area contributed by atoms with Crippen molar-refractivity contribution in [2.45, 2.75) is 13.3 Å². The number of aromatic nitrogens is 4. The van der Waals surface area contributed by atoms with Crippen LogP contribution in [0.2, 0.25) is 0 Å². The lowest BCUT2D eigenvalue weighted by Gasteiger charge is -2.18. The highest BCUT2D eigenvalue weighted by atomic mass is 16.6. The van der Waals surface area contributed by atoms with Crippen LogP contribution in [0.1, 0.15) is 17.1 Å². The van der Waals surface area contributed by atoms with Gasteiger partial charge in [0.05, 0.1) is 24.8 Å². The third kappa shape index (κ3) is 3.78. The molecule has 0 radical (unpaired) electrons. The summed E-state index contributed by atoms with van der Waals surface area (Å²) in [5, 5.41) is 26.0. The minimum atomic E-state index is -0.437. The number of methoxy groups -OCH3 is 2. The first-order valence-electron chi connectivity index (χ1n) is 9.96. The van der Waals surface area contributed by atoms with Gasteiger partial charge in [-0.15, -0.1) is 5.10 Å². The van der Waals surface area contributed by atoms with Crippen molar-refractivity contribution in [3.63, 3.8) is 0 Å². The summed E-state index contributed by atoms with van der Waals surface area (Å²) in [7, 11) is 4.21. The van der Waals surface area contributed by atoms with Crippen molar-refractivity contribution in [1.29, 1.82) is 0 Å². The minimum Gasteiger partial charge on any atom is -0.493 e. The Morgan fingerprint density at radius 1 is 1.12 bits per heavy atom. The van der Waals surface area contributed by atoms with Gasteiger partial charge in [0.2, 0.25) is 0 Å². The molecular formula is C22H22N6O5. The molecule has 1 aliphatic rings.